The van der Waals surface area contributed by atoms with Crippen molar-refractivity contribution in [3.63, 3.8) is 0 Å². The van der Waals surface area contributed by atoms with Gasteiger partial charge in [0, 0.05) is 76.4 Å². The van der Waals surface area contributed by atoms with E-state index < -0.39 is 5.79 Å². The Morgan fingerprint density at radius 3 is 2.22 bits per heavy atom. The van der Waals surface area contributed by atoms with E-state index in [2.05, 4.69) is 19.8 Å². The number of benzene rings is 1. The first-order valence-electron chi connectivity index (χ1n) is 14.0. The highest BCUT2D eigenvalue weighted by Crippen LogP contribution is 2.44. The van der Waals surface area contributed by atoms with Gasteiger partial charge >= 0.3 is 0 Å². The summed E-state index contributed by atoms with van der Waals surface area (Å²) in [6.45, 7) is 6.99. The molecule has 1 amide bonds. The zero-order chi connectivity index (χ0) is 28.0. The van der Waals surface area contributed by atoms with Crippen LogP contribution in [0.25, 0.3) is 33.6 Å². The van der Waals surface area contributed by atoms with E-state index >= 15 is 0 Å². The fourth-order valence-corrected chi connectivity index (χ4v) is 6.06. The van der Waals surface area contributed by atoms with E-state index in [1.807, 2.05) is 23.2 Å². The maximum absolute atomic E-state index is 13.9. The minimum Gasteiger partial charge on any atom is -0.437 e. The Morgan fingerprint density at radius 2 is 1.56 bits per heavy atom. The first-order chi connectivity index (χ1) is 20.0. The molecule has 0 aliphatic carbocycles. The summed E-state index contributed by atoms with van der Waals surface area (Å²) >= 11 is 0. The van der Waals surface area contributed by atoms with Gasteiger partial charge in [-0.05, 0) is 29.8 Å². The standard InChI is InChI=1S/C30H31FN6O4/c1-20(38)35-12-14-37(15-13-35)28-26-25(21-2-5-23(31)6-3-21)27(41-29(26)34-19-33-28)22-4-7-24(32-18-22)36-10-8-30(9-11-36)39-16-17-40-30/h2-7,18-19H,8-17H2,1H3. The molecule has 0 bridgehead atoms. The number of amides is 1. The molecule has 0 saturated carbocycles. The largest absolute Gasteiger partial charge is 0.437 e. The number of piperazine rings is 1. The maximum Gasteiger partial charge on any atom is 0.232 e. The molecule has 0 radical (unpaired) electrons. The van der Waals surface area contributed by atoms with Gasteiger partial charge in [0.15, 0.2) is 5.79 Å². The van der Waals surface area contributed by atoms with Gasteiger partial charge in [-0.2, -0.15) is 0 Å². The molecule has 3 fully saturated rings. The Bertz CT molecular complexity index is 1550. The number of furan rings is 1. The summed E-state index contributed by atoms with van der Waals surface area (Å²) in [5.41, 5.74) is 2.81. The molecule has 3 aliphatic rings. The van der Waals surface area contributed by atoms with E-state index in [0.29, 0.717) is 50.9 Å². The Hall–Kier alpha value is -4.09. The number of halogens is 1. The smallest absolute Gasteiger partial charge is 0.232 e. The zero-order valence-electron chi connectivity index (χ0n) is 22.9. The second-order valence-corrected chi connectivity index (χ2v) is 10.7. The minimum atomic E-state index is -0.438. The lowest BCUT2D eigenvalue weighted by atomic mass is 9.99. The molecule has 11 heteroatoms. The number of carbonyl (C=O) groups excluding carboxylic acids is 1. The van der Waals surface area contributed by atoms with Crippen molar-refractivity contribution in [2.45, 2.75) is 25.6 Å². The summed E-state index contributed by atoms with van der Waals surface area (Å²) in [6.07, 6.45) is 4.92. The van der Waals surface area contributed by atoms with Crippen molar-refractivity contribution >= 4 is 28.6 Å². The molecule has 3 aliphatic heterocycles. The highest BCUT2D eigenvalue weighted by Gasteiger charge is 2.40. The SMILES string of the molecule is CC(=O)N1CCN(c2ncnc3oc(-c4ccc(N5CCC6(CC5)OCCO6)nc4)c(-c4ccc(F)cc4)c23)CC1. The van der Waals surface area contributed by atoms with E-state index in [-0.39, 0.29) is 11.7 Å². The van der Waals surface area contributed by atoms with Crippen molar-refractivity contribution < 1.29 is 23.1 Å². The van der Waals surface area contributed by atoms with Crippen LogP contribution in [0, 0.1) is 5.82 Å². The van der Waals surface area contributed by atoms with Crippen LogP contribution >= 0.6 is 0 Å². The van der Waals surface area contributed by atoms with Gasteiger partial charge in [0.25, 0.3) is 0 Å². The van der Waals surface area contributed by atoms with E-state index in [1.165, 1.54) is 18.5 Å². The summed E-state index contributed by atoms with van der Waals surface area (Å²) in [5, 5.41) is 0.757. The minimum absolute atomic E-state index is 0.0651. The van der Waals surface area contributed by atoms with Crippen LogP contribution in [0.3, 0.4) is 0 Å². The number of rotatable bonds is 4. The number of ether oxygens (including phenoxy) is 2. The predicted molar refractivity (Wildman–Crippen MR) is 151 cm³/mol. The van der Waals surface area contributed by atoms with Crippen molar-refractivity contribution in [3.05, 3.63) is 54.7 Å². The number of pyridine rings is 1. The quantitative estimate of drug-likeness (QED) is 0.367. The van der Waals surface area contributed by atoms with Crippen LogP contribution in [0.15, 0.2) is 53.3 Å². The van der Waals surface area contributed by atoms with Gasteiger partial charge in [-0.15, -0.1) is 0 Å². The molecule has 212 valence electrons. The second-order valence-electron chi connectivity index (χ2n) is 10.7. The van der Waals surface area contributed by atoms with Crippen molar-refractivity contribution in [2.75, 3.05) is 62.3 Å². The maximum atomic E-state index is 13.9. The molecule has 3 aromatic heterocycles. The molecule has 3 saturated heterocycles. The summed E-state index contributed by atoms with van der Waals surface area (Å²) in [4.78, 5) is 32.0. The zero-order valence-corrected chi connectivity index (χ0v) is 22.9. The van der Waals surface area contributed by atoms with Gasteiger partial charge in [0.1, 0.15) is 29.5 Å². The summed E-state index contributed by atoms with van der Waals surface area (Å²) in [7, 11) is 0. The van der Waals surface area contributed by atoms with Crippen LogP contribution in [0.5, 0.6) is 0 Å². The first-order valence-corrected chi connectivity index (χ1v) is 14.0. The topological polar surface area (TPSA) is 97.1 Å². The van der Waals surface area contributed by atoms with Gasteiger partial charge in [0.2, 0.25) is 11.6 Å². The monoisotopic (exact) mass is 558 g/mol. The van der Waals surface area contributed by atoms with Crippen LogP contribution in [-0.2, 0) is 14.3 Å². The third-order valence-electron chi connectivity index (χ3n) is 8.30. The summed E-state index contributed by atoms with van der Waals surface area (Å²) in [6, 6.07) is 10.4. The molecule has 1 aromatic carbocycles. The van der Waals surface area contributed by atoms with Gasteiger partial charge < -0.3 is 28.6 Å². The Labute approximate surface area is 236 Å². The number of anilines is 2. The molecule has 6 heterocycles. The average Bonchev–Trinajstić information content (AvgIpc) is 3.63. The van der Waals surface area contributed by atoms with Crippen LogP contribution in [0.1, 0.15) is 19.8 Å². The summed E-state index contributed by atoms with van der Waals surface area (Å²) in [5.74, 6) is 1.52. The molecular weight excluding hydrogens is 527 g/mol. The number of fused-ring (bicyclic) bond motifs is 1. The molecule has 1 spiro atoms. The van der Waals surface area contributed by atoms with E-state index in [1.54, 1.807) is 19.1 Å². The number of carbonyl (C=O) groups is 1. The molecule has 7 rings (SSSR count). The molecule has 4 aromatic rings. The molecule has 0 atom stereocenters. The van der Waals surface area contributed by atoms with Crippen LogP contribution in [-0.4, -0.2) is 84.0 Å². The van der Waals surface area contributed by atoms with Gasteiger partial charge in [0.05, 0.1) is 18.6 Å². The molecule has 10 nitrogen and oxygen atoms in total. The predicted octanol–water partition coefficient (Wildman–Crippen LogP) is 4.10. The van der Waals surface area contributed by atoms with Crippen molar-refractivity contribution in [1.29, 1.82) is 0 Å². The van der Waals surface area contributed by atoms with Crippen molar-refractivity contribution in [3.8, 4) is 22.5 Å². The second kappa shape index (κ2) is 10.4. The molecule has 0 unspecified atom stereocenters. The average molecular weight is 559 g/mol. The van der Waals surface area contributed by atoms with Gasteiger partial charge in [-0.25, -0.2) is 19.3 Å². The number of piperidine rings is 1. The van der Waals surface area contributed by atoms with E-state index in [4.69, 9.17) is 18.9 Å². The molecule has 41 heavy (non-hydrogen) atoms. The summed E-state index contributed by atoms with van der Waals surface area (Å²) < 4.78 is 32.1. The van der Waals surface area contributed by atoms with E-state index in [0.717, 1.165) is 59.6 Å². The Balaban J connectivity index is 1.24. The number of nitrogens with zero attached hydrogens (tertiary/aromatic N) is 6. The fourth-order valence-electron chi connectivity index (χ4n) is 6.06. The van der Waals surface area contributed by atoms with Crippen LogP contribution in [0.2, 0.25) is 0 Å². The highest BCUT2D eigenvalue weighted by molar-refractivity contribution is 6.06. The molecule has 0 N–H and O–H groups in total. The Morgan fingerprint density at radius 1 is 0.854 bits per heavy atom. The number of hydrogen-bond acceptors (Lipinski definition) is 9. The van der Waals surface area contributed by atoms with Gasteiger partial charge in [-0.1, -0.05) is 12.1 Å². The van der Waals surface area contributed by atoms with Crippen molar-refractivity contribution in [2.24, 2.45) is 0 Å². The first kappa shape index (κ1) is 25.8. The van der Waals surface area contributed by atoms with E-state index in [9.17, 15) is 9.18 Å². The van der Waals surface area contributed by atoms with Crippen molar-refractivity contribution in [1.82, 2.24) is 19.9 Å². The lowest BCUT2D eigenvalue weighted by molar-refractivity contribution is -0.169. The normalized spacial score (nSPS) is 18.9. The van der Waals surface area contributed by atoms with Gasteiger partial charge in [-0.3, -0.25) is 4.79 Å². The number of hydrogen-bond donors (Lipinski definition) is 0. The van der Waals surface area contributed by atoms with Crippen LogP contribution < -0.4 is 9.80 Å². The third kappa shape index (κ3) is 4.78. The third-order valence-corrected chi connectivity index (χ3v) is 8.30. The lowest BCUT2D eigenvalue weighted by Gasteiger charge is -2.38. The fraction of sp³-hybridized carbons (Fsp3) is 0.400. The lowest BCUT2D eigenvalue weighted by Crippen LogP contribution is -2.48. The van der Waals surface area contributed by atoms with Crippen LogP contribution in [0.4, 0.5) is 16.0 Å². The highest BCUT2D eigenvalue weighted by atomic mass is 19.1. The number of aromatic nitrogens is 3. The molecular formula is C30H31FN6O4. The Kier molecular flexibility index (Phi) is 6.55.